The number of nitrogens with zero attached hydrogens (tertiary/aromatic N) is 5. The van der Waals surface area contributed by atoms with Gasteiger partial charge in [-0.25, -0.2) is 15.0 Å². The van der Waals surface area contributed by atoms with Crippen molar-refractivity contribution < 1.29 is 4.74 Å². The van der Waals surface area contributed by atoms with Crippen molar-refractivity contribution in [3.63, 3.8) is 0 Å². The summed E-state index contributed by atoms with van der Waals surface area (Å²) in [6.45, 7) is 3.59. The van der Waals surface area contributed by atoms with E-state index in [0.29, 0.717) is 5.92 Å². The van der Waals surface area contributed by atoms with E-state index >= 15 is 0 Å². The van der Waals surface area contributed by atoms with Crippen molar-refractivity contribution in [2.75, 3.05) is 55.5 Å². The van der Waals surface area contributed by atoms with Crippen LogP contribution in [-0.4, -0.2) is 60.9 Å². The molecule has 0 amide bonds. The molecular formula is C19H26N6O. The lowest BCUT2D eigenvalue weighted by Crippen LogP contribution is -2.65. The van der Waals surface area contributed by atoms with Crippen LogP contribution < -0.4 is 15.1 Å². The molecule has 1 spiro atoms. The van der Waals surface area contributed by atoms with Crippen molar-refractivity contribution >= 4 is 17.5 Å². The number of hydrogen-bond acceptors (Lipinski definition) is 7. The van der Waals surface area contributed by atoms with Crippen LogP contribution in [0.15, 0.2) is 36.8 Å². The highest BCUT2D eigenvalue weighted by atomic mass is 16.5. The Morgan fingerprint density at radius 3 is 2.92 bits per heavy atom. The van der Waals surface area contributed by atoms with Crippen LogP contribution in [0.4, 0.5) is 17.5 Å². The fraction of sp³-hybridized carbons (Fsp3) is 0.526. The molecule has 2 fully saturated rings. The maximum atomic E-state index is 6.18. The third-order valence-corrected chi connectivity index (χ3v) is 5.40. The number of pyridine rings is 1. The van der Waals surface area contributed by atoms with E-state index in [1.807, 2.05) is 49.5 Å². The van der Waals surface area contributed by atoms with Crippen LogP contribution in [0.5, 0.6) is 0 Å². The molecule has 0 aliphatic carbocycles. The predicted molar refractivity (Wildman–Crippen MR) is 103 cm³/mol. The van der Waals surface area contributed by atoms with Crippen LogP contribution in [0.2, 0.25) is 0 Å². The molecule has 2 aliphatic heterocycles. The first-order valence-electron chi connectivity index (χ1n) is 9.19. The summed E-state index contributed by atoms with van der Waals surface area (Å²) in [5, 5.41) is 3.41. The molecule has 1 atom stereocenters. The van der Waals surface area contributed by atoms with Gasteiger partial charge in [-0.2, -0.15) is 0 Å². The van der Waals surface area contributed by atoms with Crippen molar-refractivity contribution in [2.24, 2.45) is 5.92 Å². The summed E-state index contributed by atoms with van der Waals surface area (Å²) in [6.07, 6.45) is 5.68. The molecule has 2 aromatic heterocycles. The molecule has 26 heavy (non-hydrogen) atoms. The average Bonchev–Trinajstić information content (AvgIpc) is 3.05. The van der Waals surface area contributed by atoms with Gasteiger partial charge in [0.2, 0.25) is 0 Å². The molecule has 0 aromatic carbocycles. The molecule has 0 bridgehead atoms. The second kappa shape index (κ2) is 7.07. The number of anilines is 3. The molecule has 0 saturated carbocycles. The summed E-state index contributed by atoms with van der Waals surface area (Å²) < 4.78 is 6.18. The monoisotopic (exact) mass is 354 g/mol. The molecule has 138 valence electrons. The lowest BCUT2D eigenvalue weighted by Gasteiger charge is -2.51. The SMILES string of the molecule is CN(C)c1cc(N2CC3(C2)OCC[C@H]3CCNc2ccccn2)ncn1. The van der Waals surface area contributed by atoms with Gasteiger partial charge in [-0.05, 0) is 30.9 Å². The fourth-order valence-electron chi connectivity index (χ4n) is 3.90. The summed E-state index contributed by atoms with van der Waals surface area (Å²) in [7, 11) is 3.99. The second-order valence-electron chi connectivity index (χ2n) is 7.31. The van der Waals surface area contributed by atoms with Gasteiger partial charge in [0.15, 0.2) is 0 Å². The minimum absolute atomic E-state index is 0.0188. The van der Waals surface area contributed by atoms with Gasteiger partial charge in [0, 0.05) is 39.5 Å². The quantitative estimate of drug-likeness (QED) is 0.851. The Bertz CT molecular complexity index is 732. The van der Waals surface area contributed by atoms with E-state index in [1.165, 1.54) is 0 Å². The molecule has 7 heteroatoms. The molecule has 2 saturated heterocycles. The molecule has 0 unspecified atom stereocenters. The van der Waals surface area contributed by atoms with E-state index < -0.39 is 0 Å². The third-order valence-electron chi connectivity index (χ3n) is 5.40. The Balaban J connectivity index is 1.34. The normalized spacial score (nSPS) is 20.8. The number of hydrogen-bond donors (Lipinski definition) is 1. The molecule has 2 aliphatic rings. The van der Waals surface area contributed by atoms with Gasteiger partial charge >= 0.3 is 0 Å². The molecule has 4 rings (SSSR count). The molecule has 4 heterocycles. The lowest BCUT2D eigenvalue weighted by atomic mass is 9.79. The van der Waals surface area contributed by atoms with Crippen molar-refractivity contribution in [1.29, 1.82) is 0 Å². The first kappa shape index (κ1) is 17.0. The summed E-state index contributed by atoms with van der Waals surface area (Å²) in [5.74, 6) is 3.42. The molecule has 1 N–H and O–H groups in total. The first-order valence-corrected chi connectivity index (χ1v) is 9.19. The van der Waals surface area contributed by atoms with Crippen molar-refractivity contribution in [2.45, 2.75) is 18.4 Å². The predicted octanol–water partition coefficient (Wildman–Crippen LogP) is 2.04. The molecule has 0 radical (unpaired) electrons. The van der Waals surface area contributed by atoms with E-state index in [2.05, 4.69) is 25.2 Å². The summed E-state index contributed by atoms with van der Waals surface area (Å²) >= 11 is 0. The van der Waals surface area contributed by atoms with E-state index in [4.69, 9.17) is 4.74 Å². The number of ether oxygens (including phenoxy) is 1. The molecule has 2 aromatic rings. The van der Waals surface area contributed by atoms with Crippen LogP contribution in [-0.2, 0) is 4.74 Å². The van der Waals surface area contributed by atoms with Crippen LogP contribution >= 0.6 is 0 Å². The smallest absolute Gasteiger partial charge is 0.134 e. The summed E-state index contributed by atoms with van der Waals surface area (Å²) in [4.78, 5) is 17.3. The highest BCUT2D eigenvalue weighted by Crippen LogP contribution is 2.43. The Morgan fingerprint density at radius 2 is 2.15 bits per heavy atom. The third kappa shape index (κ3) is 3.31. The Kier molecular flexibility index (Phi) is 4.63. The van der Waals surface area contributed by atoms with Crippen LogP contribution in [0.1, 0.15) is 12.8 Å². The van der Waals surface area contributed by atoms with Gasteiger partial charge in [0.1, 0.15) is 29.4 Å². The van der Waals surface area contributed by atoms with Gasteiger partial charge in [0.05, 0.1) is 13.1 Å². The zero-order chi connectivity index (χ0) is 18.0. The molecular weight excluding hydrogens is 328 g/mol. The van der Waals surface area contributed by atoms with E-state index in [9.17, 15) is 0 Å². The summed E-state index contributed by atoms with van der Waals surface area (Å²) in [6, 6.07) is 7.98. The van der Waals surface area contributed by atoms with Gasteiger partial charge in [-0.3, -0.25) is 0 Å². The largest absolute Gasteiger partial charge is 0.371 e. The minimum atomic E-state index is -0.0188. The van der Waals surface area contributed by atoms with Crippen LogP contribution in [0.25, 0.3) is 0 Å². The maximum Gasteiger partial charge on any atom is 0.134 e. The highest BCUT2D eigenvalue weighted by Gasteiger charge is 2.53. The van der Waals surface area contributed by atoms with Crippen molar-refractivity contribution in [3.8, 4) is 0 Å². The first-order chi connectivity index (χ1) is 12.7. The van der Waals surface area contributed by atoms with Crippen molar-refractivity contribution in [1.82, 2.24) is 15.0 Å². The van der Waals surface area contributed by atoms with Gasteiger partial charge in [-0.15, -0.1) is 0 Å². The van der Waals surface area contributed by atoms with Gasteiger partial charge < -0.3 is 19.9 Å². The Labute approximate surface area is 154 Å². The Morgan fingerprint density at radius 1 is 1.27 bits per heavy atom. The average molecular weight is 354 g/mol. The van der Waals surface area contributed by atoms with E-state index in [-0.39, 0.29) is 5.60 Å². The zero-order valence-electron chi connectivity index (χ0n) is 15.4. The van der Waals surface area contributed by atoms with Crippen molar-refractivity contribution in [3.05, 3.63) is 36.8 Å². The highest BCUT2D eigenvalue weighted by molar-refractivity contribution is 5.52. The number of rotatable bonds is 6. The standard InChI is InChI=1S/C19H26N6O/c1-24(2)17-11-18(23-14-22-17)25-12-19(13-25)15(7-10-26-19)6-9-21-16-5-3-4-8-20-16/h3-5,8,11,14-15H,6-7,9-10,12-13H2,1-2H3,(H,20,21)/t15-/m1/s1. The zero-order valence-corrected chi connectivity index (χ0v) is 15.4. The topological polar surface area (TPSA) is 66.4 Å². The summed E-state index contributed by atoms with van der Waals surface area (Å²) in [5.41, 5.74) is -0.0188. The number of nitrogens with one attached hydrogen (secondary N) is 1. The van der Waals surface area contributed by atoms with E-state index in [0.717, 1.165) is 56.5 Å². The minimum Gasteiger partial charge on any atom is -0.371 e. The number of aromatic nitrogens is 3. The van der Waals surface area contributed by atoms with Gasteiger partial charge in [-0.1, -0.05) is 6.07 Å². The Hall–Kier alpha value is -2.41. The van der Waals surface area contributed by atoms with Crippen LogP contribution in [0.3, 0.4) is 0 Å². The molecule has 7 nitrogen and oxygen atoms in total. The van der Waals surface area contributed by atoms with Crippen LogP contribution in [0, 0.1) is 5.92 Å². The lowest BCUT2D eigenvalue weighted by molar-refractivity contribution is -0.0450. The van der Waals surface area contributed by atoms with Gasteiger partial charge in [0.25, 0.3) is 0 Å². The maximum absolute atomic E-state index is 6.18. The fourth-order valence-corrected chi connectivity index (χ4v) is 3.90. The second-order valence-corrected chi connectivity index (χ2v) is 7.31. The van der Waals surface area contributed by atoms with E-state index in [1.54, 1.807) is 6.33 Å².